The Hall–Kier alpha value is -3.06. The molecule has 0 fully saturated rings. The fraction of sp³-hybridized carbons (Fsp3) is 0.261. The number of amides is 1. The Labute approximate surface area is 180 Å². The highest BCUT2D eigenvalue weighted by Crippen LogP contribution is 2.22. The van der Waals surface area contributed by atoms with Gasteiger partial charge in [-0.25, -0.2) is 0 Å². The number of benzene rings is 2. The van der Waals surface area contributed by atoms with Crippen molar-refractivity contribution in [3.05, 3.63) is 72.2 Å². The highest BCUT2D eigenvalue weighted by atomic mass is 32.2. The number of carbonyl (C=O) groups excluding carboxylic acids is 1. The first-order chi connectivity index (χ1) is 14.6. The summed E-state index contributed by atoms with van der Waals surface area (Å²) in [6.45, 7) is 5.78. The standard InChI is InChI=1S/C23H25N5OS/c1-3-12-27-13-11-19-14-20(9-10-21(19)27)24-22(29)16-30-23-26-25-17(2)28(23)15-18-7-5-4-6-8-18/h4-11,13-14H,3,12,15-16H2,1-2H3,(H,24,29). The van der Waals surface area contributed by atoms with Crippen LogP contribution in [-0.4, -0.2) is 31.0 Å². The second-order valence-corrected chi connectivity index (χ2v) is 8.16. The molecule has 2 heterocycles. The summed E-state index contributed by atoms with van der Waals surface area (Å²) in [6.07, 6.45) is 3.19. The Morgan fingerprint density at radius 2 is 1.93 bits per heavy atom. The molecule has 6 nitrogen and oxygen atoms in total. The van der Waals surface area contributed by atoms with E-state index in [0.29, 0.717) is 6.54 Å². The van der Waals surface area contributed by atoms with Gasteiger partial charge < -0.3 is 14.5 Å². The normalized spacial score (nSPS) is 11.1. The number of hydrogen-bond acceptors (Lipinski definition) is 4. The van der Waals surface area contributed by atoms with E-state index in [0.717, 1.165) is 35.0 Å². The zero-order valence-corrected chi connectivity index (χ0v) is 18.0. The maximum Gasteiger partial charge on any atom is 0.234 e. The lowest BCUT2D eigenvalue weighted by Gasteiger charge is -2.09. The van der Waals surface area contributed by atoms with Crippen LogP contribution in [0.5, 0.6) is 0 Å². The van der Waals surface area contributed by atoms with Crippen molar-refractivity contribution in [1.82, 2.24) is 19.3 Å². The van der Waals surface area contributed by atoms with Crippen LogP contribution in [0.3, 0.4) is 0 Å². The van der Waals surface area contributed by atoms with Crippen molar-refractivity contribution in [2.24, 2.45) is 0 Å². The van der Waals surface area contributed by atoms with Crippen molar-refractivity contribution in [2.45, 2.75) is 38.5 Å². The summed E-state index contributed by atoms with van der Waals surface area (Å²) in [6, 6.07) is 18.3. The number of anilines is 1. The van der Waals surface area contributed by atoms with Crippen molar-refractivity contribution in [2.75, 3.05) is 11.1 Å². The number of fused-ring (bicyclic) bond motifs is 1. The zero-order chi connectivity index (χ0) is 20.9. The van der Waals surface area contributed by atoms with E-state index in [9.17, 15) is 4.79 Å². The lowest BCUT2D eigenvalue weighted by molar-refractivity contribution is -0.113. The highest BCUT2D eigenvalue weighted by Gasteiger charge is 2.13. The van der Waals surface area contributed by atoms with Crippen LogP contribution in [0.2, 0.25) is 0 Å². The lowest BCUT2D eigenvalue weighted by Crippen LogP contribution is -2.15. The molecule has 0 aliphatic heterocycles. The topological polar surface area (TPSA) is 64.7 Å². The number of nitrogens with one attached hydrogen (secondary N) is 1. The predicted octanol–water partition coefficient (Wildman–Crippen LogP) is 4.73. The Kier molecular flexibility index (Phi) is 6.18. The van der Waals surface area contributed by atoms with Crippen molar-refractivity contribution in [3.8, 4) is 0 Å². The first-order valence-electron chi connectivity index (χ1n) is 10.1. The average Bonchev–Trinajstić information content (AvgIpc) is 3.31. The minimum absolute atomic E-state index is 0.0562. The second kappa shape index (κ2) is 9.17. The Morgan fingerprint density at radius 1 is 1.10 bits per heavy atom. The van der Waals surface area contributed by atoms with Gasteiger partial charge in [0.1, 0.15) is 5.82 Å². The minimum Gasteiger partial charge on any atom is -0.347 e. The van der Waals surface area contributed by atoms with Gasteiger partial charge in [0.05, 0.1) is 12.3 Å². The number of aryl methyl sites for hydroxylation is 2. The maximum atomic E-state index is 12.5. The van der Waals surface area contributed by atoms with Gasteiger partial charge in [0.25, 0.3) is 0 Å². The van der Waals surface area contributed by atoms with Crippen LogP contribution in [0.25, 0.3) is 10.9 Å². The lowest BCUT2D eigenvalue weighted by atomic mass is 10.2. The van der Waals surface area contributed by atoms with Gasteiger partial charge in [-0.2, -0.15) is 0 Å². The molecular weight excluding hydrogens is 394 g/mol. The van der Waals surface area contributed by atoms with E-state index in [2.05, 4.69) is 57.5 Å². The van der Waals surface area contributed by atoms with Crippen LogP contribution in [-0.2, 0) is 17.9 Å². The summed E-state index contributed by atoms with van der Waals surface area (Å²) in [4.78, 5) is 12.5. The molecule has 0 saturated carbocycles. The van der Waals surface area contributed by atoms with Crippen molar-refractivity contribution in [1.29, 1.82) is 0 Å². The monoisotopic (exact) mass is 419 g/mol. The molecule has 0 atom stereocenters. The summed E-state index contributed by atoms with van der Waals surface area (Å²) in [5.41, 5.74) is 3.17. The number of carbonyl (C=O) groups is 1. The number of thioether (sulfide) groups is 1. The molecule has 30 heavy (non-hydrogen) atoms. The van der Waals surface area contributed by atoms with Crippen LogP contribution in [0, 0.1) is 6.92 Å². The molecule has 1 N–H and O–H groups in total. The molecule has 4 rings (SSSR count). The quantitative estimate of drug-likeness (QED) is 0.419. The van der Waals surface area contributed by atoms with E-state index in [4.69, 9.17) is 0 Å². The zero-order valence-electron chi connectivity index (χ0n) is 17.2. The Balaban J connectivity index is 1.39. The molecule has 0 aliphatic rings. The summed E-state index contributed by atoms with van der Waals surface area (Å²) in [7, 11) is 0. The molecule has 154 valence electrons. The van der Waals surface area contributed by atoms with Crippen molar-refractivity contribution in [3.63, 3.8) is 0 Å². The molecule has 7 heteroatoms. The van der Waals surface area contributed by atoms with Gasteiger partial charge in [-0.15, -0.1) is 10.2 Å². The van der Waals surface area contributed by atoms with Gasteiger partial charge in [0, 0.05) is 29.3 Å². The molecule has 2 aromatic carbocycles. The summed E-state index contributed by atoms with van der Waals surface area (Å²) in [5, 5.41) is 13.3. The van der Waals surface area contributed by atoms with E-state index in [-0.39, 0.29) is 11.7 Å². The van der Waals surface area contributed by atoms with Crippen molar-refractivity contribution >= 4 is 34.3 Å². The van der Waals surface area contributed by atoms with Crippen LogP contribution in [0.4, 0.5) is 5.69 Å². The SMILES string of the molecule is CCCn1ccc2cc(NC(=O)CSc3nnc(C)n3Cc3ccccc3)ccc21. The first kappa shape index (κ1) is 20.2. The molecule has 0 unspecified atom stereocenters. The first-order valence-corrected chi connectivity index (χ1v) is 11.1. The number of rotatable bonds is 8. The van der Waals surface area contributed by atoms with E-state index in [1.165, 1.54) is 22.8 Å². The second-order valence-electron chi connectivity index (χ2n) is 7.22. The van der Waals surface area contributed by atoms with Gasteiger partial charge in [-0.1, -0.05) is 49.0 Å². The largest absolute Gasteiger partial charge is 0.347 e. The van der Waals surface area contributed by atoms with Gasteiger partial charge in [-0.3, -0.25) is 4.79 Å². The summed E-state index contributed by atoms with van der Waals surface area (Å²) >= 11 is 1.40. The highest BCUT2D eigenvalue weighted by molar-refractivity contribution is 7.99. The maximum absolute atomic E-state index is 12.5. The average molecular weight is 420 g/mol. The van der Waals surface area contributed by atoms with Gasteiger partial charge >= 0.3 is 0 Å². The van der Waals surface area contributed by atoms with Gasteiger partial charge in [0.15, 0.2) is 5.16 Å². The molecule has 0 saturated heterocycles. The fourth-order valence-electron chi connectivity index (χ4n) is 3.46. The predicted molar refractivity (Wildman–Crippen MR) is 122 cm³/mol. The molecule has 4 aromatic rings. The van der Waals surface area contributed by atoms with E-state index in [1.807, 2.05) is 41.8 Å². The van der Waals surface area contributed by atoms with Crippen LogP contribution in [0.15, 0.2) is 66.0 Å². The van der Waals surface area contributed by atoms with Crippen LogP contribution >= 0.6 is 11.8 Å². The summed E-state index contributed by atoms with van der Waals surface area (Å²) < 4.78 is 4.27. The molecule has 1 amide bonds. The molecule has 0 bridgehead atoms. The number of nitrogens with zero attached hydrogens (tertiary/aromatic N) is 4. The van der Waals surface area contributed by atoms with E-state index >= 15 is 0 Å². The van der Waals surface area contributed by atoms with Gasteiger partial charge in [-0.05, 0) is 43.2 Å². The Morgan fingerprint density at radius 3 is 2.73 bits per heavy atom. The molecule has 0 aliphatic carbocycles. The van der Waals surface area contributed by atoms with Crippen molar-refractivity contribution < 1.29 is 4.79 Å². The minimum atomic E-state index is -0.0562. The van der Waals surface area contributed by atoms with E-state index < -0.39 is 0 Å². The van der Waals surface area contributed by atoms with Gasteiger partial charge in [0.2, 0.25) is 5.91 Å². The van der Waals surface area contributed by atoms with E-state index in [1.54, 1.807) is 0 Å². The fourth-order valence-corrected chi connectivity index (χ4v) is 4.24. The molecule has 0 radical (unpaired) electrons. The molecular formula is C23H25N5OS. The third kappa shape index (κ3) is 4.57. The Bertz CT molecular complexity index is 1150. The third-order valence-electron chi connectivity index (χ3n) is 4.94. The number of hydrogen-bond donors (Lipinski definition) is 1. The third-order valence-corrected chi connectivity index (χ3v) is 5.90. The van der Waals surface area contributed by atoms with Crippen LogP contribution < -0.4 is 5.32 Å². The smallest absolute Gasteiger partial charge is 0.234 e. The number of aromatic nitrogens is 4. The molecule has 0 spiro atoms. The molecule has 2 aromatic heterocycles. The summed E-state index contributed by atoms with van der Waals surface area (Å²) in [5.74, 6) is 1.06. The van der Waals surface area contributed by atoms with Crippen LogP contribution in [0.1, 0.15) is 24.7 Å².